The second-order valence-corrected chi connectivity index (χ2v) is 5.45. The normalized spacial score (nSPS) is 30.5. The first-order valence-corrected chi connectivity index (χ1v) is 6.35. The molecule has 2 aliphatic rings. The second-order valence-electron chi connectivity index (χ2n) is 5.45. The number of hydrogen-bond acceptors (Lipinski definition) is 2. The summed E-state index contributed by atoms with van der Waals surface area (Å²) in [6, 6.07) is 6.74. The number of nitrogens with one attached hydrogen (secondary N) is 1. The summed E-state index contributed by atoms with van der Waals surface area (Å²) >= 11 is 0. The van der Waals surface area contributed by atoms with Crippen molar-refractivity contribution < 1.29 is 9.50 Å². The number of hydrogen-bond donors (Lipinski definition) is 2. The maximum Gasteiger partial charge on any atom is 0.123 e. The number of aliphatic hydroxyl groups is 1. The van der Waals surface area contributed by atoms with Gasteiger partial charge in [0.15, 0.2) is 0 Å². The van der Waals surface area contributed by atoms with Crippen LogP contribution in [0.2, 0.25) is 0 Å². The molecule has 3 rings (SSSR count). The van der Waals surface area contributed by atoms with Crippen molar-refractivity contribution in [1.82, 2.24) is 5.32 Å². The van der Waals surface area contributed by atoms with Crippen LogP contribution in [0.5, 0.6) is 0 Å². The van der Waals surface area contributed by atoms with E-state index in [0.29, 0.717) is 5.92 Å². The van der Waals surface area contributed by atoms with E-state index in [9.17, 15) is 9.50 Å². The molecule has 92 valence electrons. The molecule has 0 amide bonds. The van der Waals surface area contributed by atoms with E-state index < -0.39 is 0 Å². The highest BCUT2D eigenvalue weighted by atomic mass is 19.1. The molecule has 3 heteroatoms. The highest BCUT2D eigenvalue weighted by Gasteiger charge is 2.51. The standard InChI is InChI=1S/C14H18FNO/c15-12-3-1-10(2-4-12)7-11-8-13(17)9-16-14(11)5-6-14/h1-4,11,13,16-17H,5-9H2. The number of benzene rings is 1. The van der Waals surface area contributed by atoms with Crippen LogP contribution in [0.4, 0.5) is 4.39 Å². The average Bonchev–Trinajstić information content (AvgIpc) is 3.08. The van der Waals surface area contributed by atoms with Gasteiger partial charge in [-0.2, -0.15) is 0 Å². The van der Waals surface area contributed by atoms with Crippen molar-refractivity contribution in [2.45, 2.75) is 37.3 Å². The summed E-state index contributed by atoms with van der Waals surface area (Å²) in [4.78, 5) is 0. The lowest BCUT2D eigenvalue weighted by Gasteiger charge is -2.36. The van der Waals surface area contributed by atoms with E-state index in [0.717, 1.165) is 19.4 Å². The zero-order valence-electron chi connectivity index (χ0n) is 9.82. The molecule has 1 spiro atoms. The first-order valence-electron chi connectivity index (χ1n) is 6.35. The maximum absolute atomic E-state index is 12.8. The Morgan fingerprint density at radius 2 is 2.00 bits per heavy atom. The van der Waals surface area contributed by atoms with Gasteiger partial charge in [-0.1, -0.05) is 12.1 Å². The Labute approximate surface area is 101 Å². The fraction of sp³-hybridized carbons (Fsp3) is 0.571. The molecule has 1 saturated carbocycles. The van der Waals surface area contributed by atoms with Crippen LogP contribution in [-0.4, -0.2) is 23.3 Å². The van der Waals surface area contributed by atoms with Crippen molar-refractivity contribution in [3.63, 3.8) is 0 Å². The van der Waals surface area contributed by atoms with Crippen LogP contribution in [0.15, 0.2) is 24.3 Å². The molecule has 2 unspecified atom stereocenters. The summed E-state index contributed by atoms with van der Waals surface area (Å²) in [5, 5.41) is 13.2. The van der Waals surface area contributed by atoms with Gasteiger partial charge in [-0.25, -0.2) is 4.39 Å². The molecule has 1 aromatic carbocycles. The minimum atomic E-state index is -0.230. The zero-order valence-corrected chi connectivity index (χ0v) is 9.82. The summed E-state index contributed by atoms with van der Waals surface area (Å²) in [5.74, 6) is 0.299. The van der Waals surface area contributed by atoms with Crippen molar-refractivity contribution in [2.75, 3.05) is 6.54 Å². The van der Waals surface area contributed by atoms with Crippen molar-refractivity contribution in [1.29, 1.82) is 0 Å². The van der Waals surface area contributed by atoms with Gasteiger partial charge in [0.2, 0.25) is 0 Å². The minimum absolute atomic E-state index is 0.184. The smallest absolute Gasteiger partial charge is 0.123 e. The fourth-order valence-corrected chi connectivity index (χ4v) is 3.01. The lowest BCUT2D eigenvalue weighted by molar-refractivity contribution is 0.0825. The summed E-state index contributed by atoms with van der Waals surface area (Å²) in [7, 11) is 0. The third kappa shape index (κ3) is 2.22. The first kappa shape index (κ1) is 11.2. The van der Waals surface area contributed by atoms with Crippen LogP contribution in [0.1, 0.15) is 24.8 Å². The molecule has 1 aliphatic carbocycles. The topological polar surface area (TPSA) is 32.3 Å². The monoisotopic (exact) mass is 235 g/mol. The SMILES string of the molecule is OC1CNC2(CC2)C(Cc2ccc(F)cc2)C1. The number of rotatable bonds is 2. The van der Waals surface area contributed by atoms with E-state index in [2.05, 4.69) is 5.32 Å². The average molecular weight is 235 g/mol. The van der Waals surface area contributed by atoms with Gasteiger partial charge in [0, 0.05) is 12.1 Å². The van der Waals surface area contributed by atoms with Gasteiger partial charge < -0.3 is 10.4 Å². The Bertz CT molecular complexity index is 399. The highest BCUT2D eigenvalue weighted by Crippen LogP contribution is 2.47. The Morgan fingerprint density at radius 3 is 2.65 bits per heavy atom. The molecule has 2 atom stereocenters. The fourth-order valence-electron chi connectivity index (χ4n) is 3.01. The molecule has 0 aromatic heterocycles. The van der Waals surface area contributed by atoms with Crippen LogP contribution >= 0.6 is 0 Å². The lowest BCUT2D eigenvalue weighted by Crippen LogP contribution is -2.50. The maximum atomic E-state index is 12.8. The van der Waals surface area contributed by atoms with Gasteiger partial charge in [-0.15, -0.1) is 0 Å². The molecule has 1 aromatic rings. The van der Waals surface area contributed by atoms with Gasteiger partial charge in [-0.3, -0.25) is 0 Å². The molecular weight excluding hydrogens is 217 g/mol. The molecular formula is C14H18FNO. The zero-order chi connectivity index (χ0) is 11.9. The first-order chi connectivity index (χ1) is 8.18. The molecule has 2 nitrogen and oxygen atoms in total. The number of halogens is 1. The van der Waals surface area contributed by atoms with Crippen molar-refractivity contribution in [2.24, 2.45) is 5.92 Å². The van der Waals surface area contributed by atoms with E-state index in [1.165, 1.54) is 30.5 Å². The molecule has 1 saturated heterocycles. The second kappa shape index (κ2) is 4.07. The molecule has 2 N–H and O–H groups in total. The van der Waals surface area contributed by atoms with Crippen LogP contribution in [-0.2, 0) is 6.42 Å². The Hall–Kier alpha value is -0.930. The van der Waals surface area contributed by atoms with Gasteiger partial charge in [0.25, 0.3) is 0 Å². The van der Waals surface area contributed by atoms with Crippen molar-refractivity contribution in [3.05, 3.63) is 35.6 Å². The van der Waals surface area contributed by atoms with Gasteiger partial charge >= 0.3 is 0 Å². The van der Waals surface area contributed by atoms with Gasteiger partial charge in [0.05, 0.1) is 6.10 Å². The van der Waals surface area contributed by atoms with Crippen LogP contribution < -0.4 is 5.32 Å². The van der Waals surface area contributed by atoms with Crippen molar-refractivity contribution in [3.8, 4) is 0 Å². The summed E-state index contributed by atoms with van der Waals surface area (Å²) in [6.07, 6.45) is 4.00. The molecule has 1 aliphatic heterocycles. The van der Waals surface area contributed by atoms with Crippen LogP contribution in [0, 0.1) is 11.7 Å². The predicted molar refractivity (Wildman–Crippen MR) is 64.2 cm³/mol. The lowest BCUT2D eigenvalue weighted by atomic mass is 9.82. The quantitative estimate of drug-likeness (QED) is 0.820. The van der Waals surface area contributed by atoms with Crippen LogP contribution in [0.25, 0.3) is 0 Å². The third-order valence-corrected chi connectivity index (χ3v) is 4.21. The van der Waals surface area contributed by atoms with Crippen LogP contribution in [0.3, 0.4) is 0 Å². The summed E-state index contributed by atoms with van der Waals surface area (Å²) < 4.78 is 12.8. The molecule has 17 heavy (non-hydrogen) atoms. The number of piperidine rings is 1. The molecule has 2 fully saturated rings. The molecule has 1 heterocycles. The number of β-amino-alcohol motifs (C(OH)–C–C–N with tert-alkyl or cyclic N) is 1. The van der Waals surface area contributed by atoms with E-state index in [1.807, 2.05) is 12.1 Å². The number of aliphatic hydroxyl groups excluding tert-OH is 1. The largest absolute Gasteiger partial charge is 0.392 e. The minimum Gasteiger partial charge on any atom is -0.392 e. The summed E-state index contributed by atoms with van der Waals surface area (Å²) in [6.45, 7) is 0.722. The summed E-state index contributed by atoms with van der Waals surface area (Å²) in [5.41, 5.74) is 1.44. The van der Waals surface area contributed by atoms with E-state index >= 15 is 0 Å². The Morgan fingerprint density at radius 1 is 1.29 bits per heavy atom. The van der Waals surface area contributed by atoms with E-state index in [1.54, 1.807) is 0 Å². The highest BCUT2D eigenvalue weighted by molar-refractivity contribution is 5.20. The third-order valence-electron chi connectivity index (χ3n) is 4.21. The Balaban J connectivity index is 1.72. The molecule has 0 bridgehead atoms. The van der Waals surface area contributed by atoms with E-state index in [4.69, 9.17) is 0 Å². The van der Waals surface area contributed by atoms with Gasteiger partial charge in [-0.05, 0) is 49.3 Å². The molecule has 0 radical (unpaired) electrons. The van der Waals surface area contributed by atoms with E-state index in [-0.39, 0.29) is 17.5 Å². The Kier molecular flexibility index (Phi) is 2.68. The van der Waals surface area contributed by atoms with Gasteiger partial charge in [0.1, 0.15) is 5.82 Å². The van der Waals surface area contributed by atoms with Crippen molar-refractivity contribution >= 4 is 0 Å². The predicted octanol–water partition coefficient (Wildman–Crippen LogP) is 1.87.